The van der Waals surface area contributed by atoms with E-state index in [4.69, 9.17) is 4.52 Å². The van der Waals surface area contributed by atoms with Gasteiger partial charge in [-0.3, -0.25) is 4.79 Å². The van der Waals surface area contributed by atoms with Gasteiger partial charge >= 0.3 is 0 Å². The summed E-state index contributed by atoms with van der Waals surface area (Å²) in [5.74, 6) is -0.775. The standard InChI is InChI=1S/C19H16FNO4S/c1-12-13(2)21-25-18(12)11-26(23,24)19-6-4-3-5-16(19)15-8-7-14(10-22)9-17(15)20/h3-10H,11H2,1-2H3. The normalized spacial score (nSPS) is 11.5. The number of aromatic nitrogens is 1. The summed E-state index contributed by atoms with van der Waals surface area (Å²) in [7, 11) is -3.80. The summed E-state index contributed by atoms with van der Waals surface area (Å²) in [6.07, 6.45) is 0.532. The van der Waals surface area contributed by atoms with E-state index in [2.05, 4.69) is 5.16 Å². The van der Waals surface area contributed by atoms with Gasteiger partial charge in [0.05, 0.1) is 10.6 Å². The Morgan fingerprint density at radius 2 is 1.85 bits per heavy atom. The van der Waals surface area contributed by atoms with Gasteiger partial charge in [0.15, 0.2) is 15.6 Å². The molecule has 0 radical (unpaired) electrons. The van der Waals surface area contributed by atoms with E-state index in [9.17, 15) is 17.6 Å². The first kappa shape index (κ1) is 18.0. The maximum atomic E-state index is 14.4. The Labute approximate surface area is 150 Å². The second kappa shape index (κ2) is 6.84. The van der Waals surface area contributed by atoms with Crippen LogP contribution < -0.4 is 0 Å². The lowest BCUT2D eigenvalue weighted by atomic mass is 10.0. The minimum Gasteiger partial charge on any atom is -0.360 e. The highest BCUT2D eigenvalue weighted by atomic mass is 32.2. The van der Waals surface area contributed by atoms with Gasteiger partial charge in [0.2, 0.25) is 0 Å². The number of benzene rings is 2. The van der Waals surface area contributed by atoms with Crippen molar-refractivity contribution >= 4 is 16.1 Å². The molecule has 0 fully saturated rings. The predicted octanol–water partition coefficient (Wildman–Crippen LogP) is 3.88. The minimum atomic E-state index is -3.80. The molecule has 1 heterocycles. The van der Waals surface area contributed by atoms with Crippen molar-refractivity contribution in [2.45, 2.75) is 24.5 Å². The van der Waals surface area contributed by atoms with Crippen LogP contribution in [0, 0.1) is 19.7 Å². The quantitative estimate of drug-likeness (QED) is 0.634. The monoisotopic (exact) mass is 373 g/mol. The van der Waals surface area contributed by atoms with Crippen LogP contribution in [0.25, 0.3) is 11.1 Å². The summed E-state index contributed by atoms with van der Waals surface area (Å²) in [4.78, 5) is 10.8. The molecule has 3 aromatic rings. The van der Waals surface area contributed by atoms with Crippen molar-refractivity contribution < 1.29 is 22.1 Å². The maximum Gasteiger partial charge on any atom is 0.186 e. The Hall–Kier alpha value is -2.80. The van der Waals surface area contributed by atoms with Gasteiger partial charge in [0, 0.05) is 22.3 Å². The summed E-state index contributed by atoms with van der Waals surface area (Å²) in [6.45, 7) is 3.47. The molecule has 0 aliphatic rings. The van der Waals surface area contributed by atoms with E-state index in [0.29, 0.717) is 17.5 Å². The van der Waals surface area contributed by atoms with Crippen molar-refractivity contribution in [3.63, 3.8) is 0 Å². The lowest BCUT2D eigenvalue weighted by molar-refractivity contribution is 0.112. The molecule has 0 N–H and O–H groups in total. The van der Waals surface area contributed by atoms with Crippen molar-refractivity contribution in [1.82, 2.24) is 5.16 Å². The van der Waals surface area contributed by atoms with Gasteiger partial charge in [0.25, 0.3) is 0 Å². The average molecular weight is 373 g/mol. The molecule has 0 aliphatic carbocycles. The first-order chi connectivity index (χ1) is 12.3. The summed E-state index contributed by atoms with van der Waals surface area (Å²) >= 11 is 0. The number of hydrogen-bond donors (Lipinski definition) is 0. The van der Waals surface area contributed by atoms with E-state index in [1.807, 2.05) is 0 Å². The van der Waals surface area contributed by atoms with Crippen LogP contribution in [0.1, 0.15) is 27.4 Å². The largest absolute Gasteiger partial charge is 0.360 e. The zero-order chi connectivity index (χ0) is 18.9. The van der Waals surface area contributed by atoms with Gasteiger partial charge < -0.3 is 4.52 Å². The molecule has 5 nitrogen and oxygen atoms in total. The van der Waals surface area contributed by atoms with Crippen molar-refractivity contribution in [3.05, 3.63) is 70.9 Å². The molecule has 2 aromatic carbocycles. The highest BCUT2D eigenvalue weighted by molar-refractivity contribution is 7.90. The highest BCUT2D eigenvalue weighted by Gasteiger charge is 2.24. The van der Waals surface area contributed by atoms with E-state index in [0.717, 1.165) is 6.07 Å². The van der Waals surface area contributed by atoms with Crippen molar-refractivity contribution in [2.75, 3.05) is 0 Å². The molecule has 7 heteroatoms. The first-order valence-electron chi connectivity index (χ1n) is 7.82. The van der Waals surface area contributed by atoms with Gasteiger partial charge in [-0.05, 0) is 26.0 Å². The van der Waals surface area contributed by atoms with Gasteiger partial charge in [-0.1, -0.05) is 35.5 Å². The molecule has 26 heavy (non-hydrogen) atoms. The van der Waals surface area contributed by atoms with Crippen molar-refractivity contribution in [2.24, 2.45) is 0 Å². The Morgan fingerprint density at radius 3 is 2.46 bits per heavy atom. The number of halogens is 1. The number of aryl methyl sites for hydroxylation is 1. The highest BCUT2D eigenvalue weighted by Crippen LogP contribution is 2.32. The minimum absolute atomic E-state index is 0.00814. The fourth-order valence-corrected chi connectivity index (χ4v) is 4.20. The molecule has 134 valence electrons. The van der Waals surface area contributed by atoms with Crippen molar-refractivity contribution in [3.8, 4) is 11.1 Å². The zero-order valence-corrected chi connectivity index (χ0v) is 15.0. The molecule has 0 saturated carbocycles. The fourth-order valence-electron chi connectivity index (χ4n) is 2.63. The molecular weight excluding hydrogens is 357 g/mol. The topological polar surface area (TPSA) is 77.2 Å². The number of sulfone groups is 1. The van der Waals surface area contributed by atoms with E-state index < -0.39 is 15.7 Å². The summed E-state index contributed by atoms with van der Waals surface area (Å²) in [6, 6.07) is 10.1. The number of nitrogens with zero attached hydrogens (tertiary/aromatic N) is 1. The van der Waals surface area contributed by atoms with Crippen LogP contribution in [-0.2, 0) is 15.6 Å². The summed E-state index contributed by atoms with van der Waals surface area (Å²) in [5, 5.41) is 3.78. The lowest BCUT2D eigenvalue weighted by Gasteiger charge is -2.11. The number of carbonyl (C=O) groups is 1. The van der Waals surface area contributed by atoms with E-state index in [1.165, 1.54) is 24.3 Å². The Kier molecular flexibility index (Phi) is 4.73. The van der Waals surface area contributed by atoms with Gasteiger partial charge in [-0.25, -0.2) is 12.8 Å². The Bertz CT molecular complexity index is 1090. The lowest BCUT2D eigenvalue weighted by Crippen LogP contribution is -2.07. The summed E-state index contributed by atoms with van der Waals surface area (Å²) in [5.41, 5.74) is 1.82. The predicted molar refractivity (Wildman–Crippen MR) is 94.1 cm³/mol. The maximum absolute atomic E-state index is 14.4. The van der Waals surface area contributed by atoms with Gasteiger partial charge in [-0.2, -0.15) is 0 Å². The third-order valence-corrected chi connectivity index (χ3v) is 5.88. The van der Waals surface area contributed by atoms with Crippen LogP contribution in [0.15, 0.2) is 51.9 Å². The van der Waals surface area contributed by atoms with Crippen LogP contribution >= 0.6 is 0 Å². The van der Waals surface area contributed by atoms with Crippen LogP contribution in [0.3, 0.4) is 0 Å². The molecule has 0 unspecified atom stereocenters. The smallest absolute Gasteiger partial charge is 0.186 e. The fraction of sp³-hybridized carbons (Fsp3) is 0.158. The molecule has 3 rings (SSSR count). The second-order valence-corrected chi connectivity index (χ2v) is 7.89. The first-order valence-corrected chi connectivity index (χ1v) is 9.47. The molecule has 0 bridgehead atoms. The molecule has 0 saturated heterocycles. The summed E-state index contributed by atoms with van der Waals surface area (Å²) < 4.78 is 45.4. The van der Waals surface area contributed by atoms with Crippen LogP contribution in [0.5, 0.6) is 0 Å². The van der Waals surface area contributed by atoms with E-state index in [1.54, 1.807) is 26.0 Å². The Morgan fingerprint density at radius 1 is 1.12 bits per heavy atom. The van der Waals surface area contributed by atoms with Crippen LogP contribution in [-0.4, -0.2) is 19.9 Å². The molecule has 0 aliphatic heterocycles. The van der Waals surface area contributed by atoms with Crippen molar-refractivity contribution in [1.29, 1.82) is 0 Å². The molecule has 0 spiro atoms. The van der Waals surface area contributed by atoms with Crippen LogP contribution in [0.4, 0.5) is 4.39 Å². The average Bonchev–Trinajstić information content (AvgIpc) is 2.93. The Balaban J connectivity index is 2.09. The van der Waals surface area contributed by atoms with E-state index >= 15 is 0 Å². The van der Waals surface area contributed by atoms with E-state index in [-0.39, 0.29) is 33.1 Å². The molecule has 0 atom stereocenters. The molecular formula is C19H16FNO4S. The zero-order valence-electron chi connectivity index (χ0n) is 14.2. The third kappa shape index (κ3) is 3.30. The number of rotatable bonds is 5. The molecule has 0 amide bonds. The molecule has 1 aromatic heterocycles. The second-order valence-electron chi connectivity index (χ2n) is 5.93. The number of carbonyl (C=O) groups excluding carboxylic acids is 1. The third-order valence-electron chi connectivity index (χ3n) is 4.22. The number of hydrogen-bond acceptors (Lipinski definition) is 5. The van der Waals surface area contributed by atoms with Gasteiger partial charge in [0.1, 0.15) is 17.9 Å². The van der Waals surface area contributed by atoms with Crippen LogP contribution in [0.2, 0.25) is 0 Å². The number of aldehydes is 1. The van der Waals surface area contributed by atoms with Gasteiger partial charge in [-0.15, -0.1) is 0 Å². The SMILES string of the molecule is Cc1noc(CS(=O)(=O)c2ccccc2-c2ccc(C=O)cc2F)c1C.